The van der Waals surface area contributed by atoms with Gasteiger partial charge in [-0.25, -0.2) is 4.39 Å². The number of carbonyl (C=O) groups excluding carboxylic acids is 1. The minimum atomic E-state index is -0.678. The maximum absolute atomic E-state index is 14.6. The smallest absolute Gasteiger partial charge is 0.252 e. The summed E-state index contributed by atoms with van der Waals surface area (Å²) in [5.41, 5.74) is 7.77. The molecule has 3 aromatic rings. The molecule has 1 aliphatic heterocycles. The van der Waals surface area contributed by atoms with E-state index in [9.17, 15) is 9.18 Å². The summed E-state index contributed by atoms with van der Waals surface area (Å²) < 4.78 is 20.3. The monoisotopic (exact) mass is 457 g/mol. The van der Waals surface area contributed by atoms with E-state index in [0.29, 0.717) is 22.3 Å². The van der Waals surface area contributed by atoms with Crippen LogP contribution in [0.25, 0.3) is 10.9 Å². The molecular weight excluding hydrogens is 433 g/mol. The van der Waals surface area contributed by atoms with Crippen LogP contribution in [0.1, 0.15) is 17.3 Å². The van der Waals surface area contributed by atoms with Gasteiger partial charge in [-0.2, -0.15) is 0 Å². The summed E-state index contributed by atoms with van der Waals surface area (Å²) in [6.45, 7) is 6.85. The van der Waals surface area contributed by atoms with Crippen molar-refractivity contribution in [2.75, 3.05) is 50.1 Å². The van der Waals surface area contributed by atoms with Crippen molar-refractivity contribution < 1.29 is 13.9 Å². The van der Waals surface area contributed by atoms with Crippen molar-refractivity contribution in [3.63, 3.8) is 0 Å². The van der Waals surface area contributed by atoms with E-state index < -0.39 is 11.7 Å². The highest BCUT2D eigenvalue weighted by molar-refractivity contribution is 6.31. The van der Waals surface area contributed by atoms with Crippen LogP contribution < -0.4 is 20.7 Å². The zero-order valence-electron chi connectivity index (χ0n) is 18.0. The lowest BCUT2D eigenvalue weighted by Crippen LogP contribution is -2.46. The number of halogens is 2. The topological polar surface area (TPSA) is 83.7 Å². The number of benzene rings is 2. The SMILES string of the molecule is CCN1CCN(c2cc3ncc(C(N)=O)c(Nc4cccc(Cl)c4F)c3cc2OC)CC1. The van der Waals surface area contributed by atoms with Crippen LogP contribution in [0.2, 0.25) is 5.02 Å². The quantitative estimate of drug-likeness (QED) is 0.581. The minimum absolute atomic E-state index is 0.0277. The molecule has 1 amide bonds. The first kappa shape index (κ1) is 22.1. The van der Waals surface area contributed by atoms with E-state index in [1.54, 1.807) is 19.2 Å². The highest BCUT2D eigenvalue weighted by Crippen LogP contribution is 2.38. The molecule has 2 aromatic carbocycles. The van der Waals surface area contributed by atoms with E-state index in [2.05, 4.69) is 27.0 Å². The fraction of sp³-hybridized carbons (Fsp3) is 0.304. The number of piperazine rings is 1. The summed E-state index contributed by atoms with van der Waals surface area (Å²) in [7, 11) is 1.60. The third-order valence-electron chi connectivity index (χ3n) is 5.81. The van der Waals surface area contributed by atoms with E-state index in [0.717, 1.165) is 38.4 Å². The van der Waals surface area contributed by atoms with Gasteiger partial charge in [-0.15, -0.1) is 0 Å². The fourth-order valence-electron chi connectivity index (χ4n) is 3.98. The van der Waals surface area contributed by atoms with Crippen molar-refractivity contribution in [3.05, 3.63) is 52.9 Å². The lowest BCUT2D eigenvalue weighted by molar-refractivity contribution is 0.100. The van der Waals surface area contributed by atoms with Gasteiger partial charge < -0.3 is 25.6 Å². The zero-order valence-corrected chi connectivity index (χ0v) is 18.7. The van der Waals surface area contributed by atoms with E-state index in [4.69, 9.17) is 22.1 Å². The van der Waals surface area contributed by atoms with Crippen molar-refractivity contribution >= 4 is 45.5 Å². The summed E-state index contributed by atoms with van der Waals surface area (Å²) >= 11 is 5.93. The Balaban J connectivity index is 1.82. The molecule has 1 saturated heterocycles. The molecule has 3 N–H and O–H groups in total. The van der Waals surface area contributed by atoms with Crippen LogP contribution in [0.3, 0.4) is 0 Å². The first-order valence-electron chi connectivity index (χ1n) is 10.4. The molecule has 4 rings (SSSR count). The van der Waals surface area contributed by atoms with Gasteiger partial charge in [0.1, 0.15) is 5.75 Å². The second-order valence-electron chi connectivity index (χ2n) is 7.60. The van der Waals surface area contributed by atoms with Crippen LogP contribution in [0, 0.1) is 5.82 Å². The summed E-state index contributed by atoms with van der Waals surface area (Å²) in [4.78, 5) is 21.2. The normalized spacial score (nSPS) is 14.6. The van der Waals surface area contributed by atoms with Gasteiger partial charge in [0.2, 0.25) is 0 Å². The lowest BCUT2D eigenvalue weighted by Gasteiger charge is -2.36. The minimum Gasteiger partial charge on any atom is -0.495 e. The number of carbonyl (C=O) groups is 1. The van der Waals surface area contributed by atoms with Crippen LogP contribution in [-0.4, -0.2) is 55.6 Å². The van der Waals surface area contributed by atoms with Crippen molar-refractivity contribution in [2.45, 2.75) is 6.92 Å². The molecular formula is C23H25ClFN5O2. The van der Waals surface area contributed by atoms with Gasteiger partial charge in [-0.05, 0) is 30.8 Å². The van der Waals surface area contributed by atoms with Gasteiger partial charge >= 0.3 is 0 Å². The van der Waals surface area contributed by atoms with E-state index in [1.165, 1.54) is 18.3 Å². The number of aromatic nitrogens is 1. The van der Waals surface area contributed by atoms with Crippen LogP contribution in [0.4, 0.5) is 21.5 Å². The molecule has 1 fully saturated rings. The predicted octanol–water partition coefficient (Wildman–Crippen LogP) is 4.02. The molecule has 1 aromatic heterocycles. The van der Waals surface area contributed by atoms with Gasteiger partial charge in [0, 0.05) is 37.8 Å². The number of rotatable bonds is 6. The Morgan fingerprint density at radius 3 is 2.69 bits per heavy atom. The zero-order chi connectivity index (χ0) is 22.8. The number of nitrogens with one attached hydrogen (secondary N) is 1. The van der Waals surface area contributed by atoms with Crippen LogP contribution in [0.5, 0.6) is 5.75 Å². The molecule has 32 heavy (non-hydrogen) atoms. The molecule has 168 valence electrons. The maximum Gasteiger partial charge on any atom is 0.252 e. The average molecular weight is 458 g/mol. The average Bonchev–Trinajstić information content (AvgIpc) is 2.81. The van der Waals surface area contributed by atoms with E-state index in [1.807, 2.05) is 6.07 Å². The predicted molar refractivity (Wildman–Crippen MR) is 126 cm³/mol. The van der Waals surface area contributed by atoms with Gasteiger partial charge in [0.25, 0.3) is 5.91 Å². The number of likely N-dealkylation sites (N-methyl/N-ethyl adjacent to an activating group) is 1. The molecule has 0 bridgehead atoms. The van der Waals surface area contributed by atoms with Gasteiger partial charge in [-0.3, -0.25) is 9.78 Å². The molecule has 7 nitrogen and oxygen atoms in total. The number of pyridine rings is 1. The molecule has 1 aliphatic rings. The maximum atomic E-state index is 14.6. The first-order chi connectivity index (χ1) is 15.4. The highest BCUT2D eigenvalue weighted by Gasteiger charge is 2.22. The summed E-state index contributed by atoms with van der Waals surface area (Å²) in [5.74, 6) is -0.657. The van der Waals surface area contributed by atoms with E-state index >= 15 is 0 Å². The Labute approximate surface area is 190 Å². The number of anilines is 3. The van der Waals surface area contributed by atoms with Crippen molar-refractivity contribution in [2.24, 2.45) is 5.73 Å². The second kappa shape index (κ2) is 9.18. The molecule has 0 saturated carbocycles. The fourth-order valence-corrected chi connectivity index (χ4v) is 4.15. The van der Waals surface area contributed by atoms with Gasteiger partial charge in [-0.1, -0.05) is 24.6 Å². The Morgan fingerprint density at radius 2 is 2.03 bits per heavy atom. The van der Waals surface area contributed by atoms with Crippen LogP contribution >= 0.6 is 11.6 Å². The van der Waals surface area contributed by atoms with E-state index in [-0.39, 0.29) is 16.3 Å². The van der Waals surface area contributed by atoms with Gasteiger partial charge in [0.05, 0.1) is 40.3 Å². The molecule has 0 unspecified atom stereocenters. The Bertz CT molecular complexity index is 1160. The van der Waals surface area contributed by atoms with Crippen molar-refractivity contribution in [1.82, 2.24) is 9.88 Å². The molecule has 0 spiro atoms. The molecule has 0 aliphatic carbocycles. The molecule has 0 atom stereocenters. The number of methoxy groups -OCH3 is 1. The number of fused-ring (bicyclic) bond motifs is 1. The third kappa shape index (κ3) is 4.16. The van der Waals surface area contributed by atoms with Gasteiger partial charge in [0.15, 0.2) is 5.82 Å². The third-order valence-corrected chi connectivity index (χ3v) is 6.10. The molecule has 9 heteroatoms. The Kier molecular flexibility index (Phi) is 6.34. The number of ether oxygens (including phenoxy) is 1. The van der Waals surface area contributed by atoms with Crippen molar-refractivity contribution in [3.8, 4) is 5.75 Å². The number of amides is 1. The number of hydrogen-bond acceptors (Lipinski definition) is 6. The molecule has 2 heterocycles. The van der Waals surface area contributed by atoms with Crippen LogP contribution in [0.15, 0.2) is 36.5 Å². The number of nitrogens with two attached hydrogens (primary N) is 1. The summed E-state index contributed by atoms with van der Waals surface area (Å²) in [6, 6.07) is 8.35. The van der Waals surface area contributed by atoms with Crippen LogP contribution in [-0.2, 0) is 0 Å². The number of primary amides is 1. The largest absolute Gasteiger partial charge is 0.495 e. The number of nitrogens with zero attached hydrogens (tertiary/aromatic N) is 3. The lowest BCUT2D eigenvalue weighted by atomic mass is 10.1. The van der Waals surface area contributed by atoms with Crippen molar-refractivity contribution in [1.29, 1.82) is 0 Å². The Hall–Kier alpha value is -3.10. The highest BCUT2D eigenvalue weighted by atomic mass is 35.5. The summed E-state index contributed by atoms with van der Waals surface area (Å²) in [6.07, 6.45) is 1.40. The Morgan fingerprint density at radius 1 is 1.28 bits per heavy atom. The number of hydrogen-bond donors (Lipinski definition) is 2. The summed E-state index contributed by atoms with van der Waals surface area (Å²) in [5, 5.41) is 3.56. The molecule has 0 radical (unpaired) electrons. The second-order valence-corrected chi connectivity index (χ2v) is 8.01. The first-order valence-corrected chi connectivity index (χ1v) is 10.8. The standard InChI is InChI=1S/C23H25ClFN5O2/c1-3-29-7-9-30(10-8-29)19-12-18-14(11-20(19)32-2)22(15(13-27-18)23(26)31)28-17-6-4-5-16(24)21(17)25/h4-6,11-13H,3,7-10H2,1-2H3,(H2,26,31)(H,27,28).